The van der Waals surface area contributed by atoms with Crippen LogP contribution in [-0.2, 0) is 11.5 Å². The molecule has 1 N–H and O–H groups in total. The number of piperazine rings is 3. The van der Waals surface area contributed by atoms with Gasteiger partial charge in [0.1, 0.15) is 11.6 Å². The predicted octanol–water partition coefficient (Wildman–Crippen LogP) is 1.72. The molecule has 5 rings (SSSR count). The first-order valence-corrected chi connectivity index (χ1v) is 9.18. The van der Waals surface area contributed by atoms with Gasteiger partial charge in [-0.25, -0.2) is 9.97 Å². The smallest absolute Gasteiger partial charge is 0.149 e. The van der Waals surface area contributed by atoms with Gasteiger partial charge in [0.2, 0.25) is 0 Å². The highest BCUT2D eigenvalue weighted by Gasteiger charge is 2.35. The molecule has 4 aliphatic heterocycles. The van der Waals surface area contributed by atoms with Gasteiger partial charge in [-0.15, -0.1) is 0 Å². The number of thioether (sulfide) groups is 1. The molecule has 1 aromatic rings. The molecule has 0 amide bonds. The van der Waals surface area contributed by atoms with Crippen LogP contribution in [0.4, 0.5) is 5.82 Å². The van der Waals surface area contributed by atoms with Crippen LogP contribution in [0.2, 0.25) is 0 Å². The fourth-order valence-electron chi connectivity index (χ4n) is 3.47. The molecule has 114 valence electrons. The third kappa shape index (κ3) is 2.53. The van der Waals surface area contributed by atoms with E-state index in [9.17, 15) is 0 Å². The van der Waals surface area contributed by atoms with Gasteiger partial charge in [-0.05, 0) is 6.42 Å². The predicted molar refractivity (Wildman–Crippen MR) is 86.6 cm³/mol. The van der Waals surface area contributed by atoms with Gasteiger partial charge in [-0.3, -0.25) is 9.80 Å². The molecule has 0 spiro atoms. The third-order valence-electron chi connectivity index (χ3n) is 4.71. The van der Waals surface area contributed by atoms with Crippen molar-refractivity contribution in [2.45, 2.75) is 30.9 Å². The van der Waals surface area contributed by atoms with Gasteiger partial charge in [-0.2, -0.15) is 11.8 Å². The lowest BCUT2D eigenvalue weighted by Crippen LogP contribution is -2.57. The molecule has 5 nitrogen and oxygen atoms in total. The van der Waals surface area contributed by atoms with E-state index in [0.29, 0.717) is 6.04 Å². The highest BCUT2D eigenvalue weighted by molar-refractivity contribution is 7.98. The van der Waals surface area contributed by atoms with Crippen LogP contribution in [-0.4, -0.2) is 59.0 Å². The lowest BCUT2D eigenvalue weighted by molar-refractivity contribution is 0.00863. The molecule has 1 unspecified atom stereocenters. The van der Waals surface area contributed by atoms with Gasteiger partial charge in [-0.1, -0.05) is 6.92 Å². The van der Waals surface area contributed by atoms with E-state index < -0.39 is 0 Å². The number of aromatic nitrogens is 2. The minimum absolute atomic E-state index is 0.394. The standard InChI is InChI=1S/C15H23N5S/c1-2-3-16-14-11-9-21-10-12(11)17-15(18-14)13-8-19-4-6-20(13)7-5-19/h13H,2-10H2,1H3,(H,16,17,18). The monoisotopic (exact) mass is 305 g/mol. The lowest BCUT2D eigenvalue weighted by Gasteiger charge is -2.46. The lowest BCUT2D eigenvalue weighted by atomic mass is 10.1. The van der Waals surface area contributed by atoms with E-state index in [1.807, 2.05) is 11.8 Å². The van der Waals surface area contributed by atoms with Crippen molar-refractivity contribution in [1.82, 2.24) is 19.8 Å². The number of nitrogens with zero attached hydrogens (tertiary/aromatic N) is 4. The second kappa shape index (κ2) is 5.74. The quantitative estimate of drug-likeness (QED) is 0.914. The Labute approximate surface area is 130 Å². The minimum atomic E-state index is 0.394. The second-order valence-corrected chi connectivity index (χ2v) is 7.11. The molecule has 4 aliphatic rings. The molecule has 0 aromatic carbocycles. The fraction of sp³-hybridized carbons (Fsp3) is 0.733. The summed E-state index contributed by atoms with van der Waals surface area (Å²) in [7, 11) is 0. The molecule has 0 radical (unpaired) electrons. The Morgan fingerprint density at radius 3 is 2.76 bits per heavy atom. The number of rotatable bonds is 4. The van der Waals surface area contributed by atoms with Crippen molar-refractivity contribution in [3.05, 3.63) is 17.1 Å². The van der Waals surface area contributed by atoms with E-state index in [4.69, 9.17) is 9.97 Å². The van der Waals surface area contributed by atoms with Crippen molar-refractivity contribution in [3.8, 4) is 0 Å². The van der Waals surface area contributed by atoms with Crippen LogP contribution in [0.25, 0.3) is 0 Å². The summed E-state index contributed by atoms with van der Waals surface area (Å²) in [4.78, 5) is 15.0. The van der Waals surface area contributed by atoms with Crippen molar-refractivity contribution in [2.75, 3.05) is 44.6 Å². The normalized spacial score (nSPS) is 30.4. The van der Waals surface area contributed by atoms with E-state index in [-0.39, 0.29) is 0 Å². The first kappa shape index (κ1) is 13.8. The molecule has 1 atom stereocenters. The first-order chi connectivity index (χ1) is 10.3. The summed E-state index contributed by atoms with van der Waals surface area (Å²) in [5.74, 6) is 4.24. The minimum Gasteiger partial charge on any atom is -0.370 e. The molecule has 1 aromatic heterocycles. The molecule has 0 aliphatic carbocycles. The van der Waals surface area contributed by atoms with Crippen LogP contribution < -0.4 is 5.32 Å². The molecular weight excluding hydrogens is 282 g/mol. The molecule has 2 bridgehead atoms. The summed E-state index contributed by atoms with van der Waals surface area (Å²) in [5.41, 5.74) is 2.61. The van der Waals surface area contributed by atoms with E-state index in [1.165, 1.54) is 24.3 Å². The van der Waals surface area contributed by atoms with Crippen LogP contribution in [0.1, 0.15) is 36.5 Å². The van der Waals surface area contributed by atoms with Gasteiger partial charge in [0.05, 0.1) is 11.7 Å². The Hall–Kier alpha value is -0.850. The molecule has 6 heteroatoms. The number of anilines is 1. The number of hydrogen-bond acceptors (Lipinski definition) is 6. The molecule has 3 fully saturated rings. The van der Waals surface area contributed by atoms with Crippen molar-refractivity contribution < 1.29 is 0 Å². The van der Waals surface area contributed by atoms with Gasteiger partial charge >= 0.3 is 0 Å². The van der Waals surface area contributed by atoms with Crippen LogP contribution in [0, 0.1) is 0 Å². The van der Waals surface area contributed by atoms with Crippen molar-refractivity contribution >= 4 is 17.6 Å². The Kier molecular flexibility index (Phi) is 3.77. The zero-order valence-corrected chi connectivity index (χ0v) is 13.5. The Bertz CT molecular complexity index is 527. The molecule has 5 heterocycles. The van der Waals surface area contributed by atoms with E-state index in [2.05, 4.69) is 22.0 Å². The van der Waals surface area contributed by atoms with Crippen LogP contribution in [0.5, 0.6) is 0 Å². The summed E-state index contributed by atoms with van der Waals surface area (Å²) in [6.07, 6.45) is 1.13. The zero-order chi connectivity index (χ0) is 14.2. The summed E-state index contributed by atoms with van der Waals surface area (Å²) in [5, 5.41) is 3.52. The molecule has 0 saturated carbocycles. The topological polar surface area (TPSA) is 44.3 Å². The maximum atomic E-state index is 4.92. The Morgan fingerprint density at radius 1 is 1.19 bits per heavy atom. The van der Waals surface area contributed by atoms with Gasteiger partial charge in [0.25, 0.3) is 0 Å². The van der Waals surface area contributed by atoms with Gasteiger partial charge < -0.3 is 5.32 Å². The average molecular weight is 305 g/mol. The van der Waals surface area contributed by atoms with Crippen molar-refractivity contribution in [1.29, 1.82) is 0 Å². The van der Waals surface area contributed by atoms with Crippen molar-refractivity contribution in [2.24, 2.45) is 0 Å². The highest BCUT2D eigenvalue weighted by Crippen LogP contribution is 2.35. The third-order valence-corrected chi connectivity index (χ3v) is 5.68. The summed E-state index contributed by atoms with van der Waals surface area (Å²) in [6.45, 7) is 9.03. The summed E-state index contributed by atoms with van der Waals surface area (Å²) >= 11 is 1.95. The SMILES string of the molecule is CCCNc1nc(C2CN3CCN2CC3)nc2c1CSC2. The Balaban J connectivity index is 1.66. The van der Waals surface area contributed by atoms with Crippen LogP contribution in [0.3, 0.4) is 0 Å². The first-order valence-electron chi connectivity index (χ1n) is 8.03. The Morgan fingerprint density at radius 2 is 2.05 bits per heavy atom. The van der Waals surface area contributed by atoms with Crippen LogP contribution >= 0.6 is 11.8 Å². The number of nitrogens with one attached hydrogen (secondary N) is 1. The number of hydrogen-bond donors (Lipinski definition) is 1. The van der Waals surface area contributed by atoms with Crippen molar-refractivity contribution in [3.63, 3.8) is 0 Å². The molecular formula is C15H23N5S. The van der Waals surface area contributed by atoms with E-state index >= 15 is 0 Å². The largest absolute Gasteiger partial charge is 0.370 e. The molecule has 3 saturated heterocycles. The summed E-state index contributed by atoms with van der Waals surface area (Å²) < 4.78 is 0. The second-order valence-electron chi connectivity index (χ2n) is 6.13. The fourth-order valence-corrected chi connectivity index (χ4v) is 4.51. The highest BCUT2D eigenvalue weighted by atomic mass is 32.2. The maximum absolute atomic E-state index is 4.92. The van der Waals surface area contributed by atoms with Gasteiger partial charge in [0, 0.05) is 56.3 Å². The van der Waals surface area contributed by atoms with E-state index in [1.54, 1.807) is 0 Å². The van der Waals surface area contributed by atoms with Gasteiger partial charge in [0.15, 0.2) is 0 Å². The van der Waals surface area contributed by atoms with Crippen LogP contribution in [0.15, 0.2) is 0 Å². The number of fused-ring (bicyclic) bond motifs is 4. The summed E-state index contributed by atoms with van der Waals surface area (Å²) in [6, 6.07) is 0.394. The van der Waals surface area contributed by atoms with E-state index in [0.717, 1.165) is 55.7 Å². The maximum Gasteiger partial charge on any atom is 0.149 e. The molecule has 21 heavy (non-hydrogen) atoms. The zero-order valence-electron chi connectivity index (χ0n) is 12.6. The average Bonchev–Trinajstić information content (AvgIpc) is 3.02.